The van der Waals surface area contributed by atoms with Gasteiger partial charge in [0.05, 0.1) is 22.2 Å². The van der Waals surface area contributed by atoms with Crippen LogP contribution in [0, 0.1) is 0 Å². The predicted octanol–water partition coefficient (Wildman–Crippen LogP) is 15.0. The third kappa shape index (κ3) is 6.42. The molecule has 0 atom stereocenters. The van der Waals surface area contributed by atoms with Crippen molar-refractivity contribution in [1.29, 1.82) is 0 Å². The lowest BCUT2D eigenvalue weighted by Gasteiger charge is -2.16. The molecule has 0 fully saturated rings. The number of hydrogen-bond acceptors (Lipinski definition) is 4. The lowest BCUT2D eigenvalue weighted by molar-refractivity contribution is 1.23. The van der Waals surface area contributed by atoms with Crippen LogP contribution >= 0.6 is 0 Å². The summed E-state index contributed by atoms with van der Waals surface area (Å²) in [5.41, 5.74) is 14.4. The number of pyridine rings is 2. The molecule has 12 rings (SSSR count). The Morgan fingerprint density at radius 2 is 0.726 bits per heavy atom. The first-order chi connectivity index (χ1) is 30.7. The molecule has 0 amide bonds. The SMILES string of the molecule is c1ccc2cc(-c3cc(-c4ccc5ccccc5c4)c4nc(-c5ccc(-c6cnc7ccccc7c6)cc5)nc(-c5ccc(-c6cnc7ccccc7c6)cc5)c4c3)ccc2c1. The molecule has 3 heterocycles. The molecule has 0 saturated heterocycles. The summed E-state index contributed by atoms with van der Waals surface area (Å²) in [6.07, 6.45) is 3.90. The predicted molar refractivity (Wildman–Crippen MR) is 258 cm³/mol. The highest BCUT2D eigenvalue weighted by Gasteiger charge is 2.19. The van der Waals surface area contributed by atoms with Gasteiger partial charge in [-0.05, 0) is 97.9 Å². The van der Waals surface area contributed by atoms with Crippen LogP contribution in [0.2, 0.25) is 0 Å². The summed E-state index contributed by atoms with van der Waals surface area (Å²) >= 11 is 0. The molecule has 0 bridgehead atoms. The second-order valence-electron chi connectivity index (χ2n) is 15.9. The zero-order chi connectivity index (χ0) is 41.0. The van der Waals surface area contributed by atoms with Gasteiger partial charge in [0.15, 0.2) is 5.82 Å². The monoisotopic (exact) mass is 788 g/mol. The minimum Gasteiger partial charge on any atom is -0.256 e. The number of benzene rings is 9. The minimum atomic E-state index is 0.666. The zero-order valence-corrected chi connectivity index (χ0v) is 33.6. The third-order valence-electron chi connectivity index (χ3n) is 12.1. The van der Waals surface area contributed by atoms with Crippen molar-refractivity contribution in [3.8, 4) is 67.2 Å². The van der Waals surface area contributed by atoms with Crippen LogP contribution < -0.4 is 0 Å². The Hall–Kier alpha value is -8.34. The molecule has 0 aliphatic carbocycles. The first kappa shape index (κ1) is 35.6. The highest BCUT2D eigenvalue weighted by molar-refractivity contribution is 6.06. The van der Waals surface area contributed by atoms with Gasteiger partial charge < -0.3 is 0 Å². The maximum atomic E-state index is 5.48. The van der Waals surface area contributed by atoms with Crippen LogP contribution in [0.25, 0.3) is 121 Å². The lowest BCUT2D eigenvalue weighted by atomic mass is 9.91. The largest absolute Gasteiger partial charge is 0.256 e. The van der Waals surface area contributed by atoms with Crippen molar-refractivity contribution < 1.29 is 0 Å². The Kier molecular flexibility index (Phi) is 8.46. The highest BCUT2D eigenvalue weighted by Crippen LogP contribution is 2.40. The van der Waals surface area contributed by atoms with Gasteiger partial charge in [-0.15, -0.1) is 0 Å². The van der Waals surface area contributed by atoms with E-state index >= 15 is 0 Å². The average Bonchev–Trinajstić information content (AvgIpc) is 3.35. The number of fused-ring (bicyclic) bond motifs is 5. The summed E-state index contributed by atoms with van der Waals surface area (Å²) in [7, 11) is 0. The summed E-state index contributed by atoms with van der Waals surface area (Å²) in [5, 5.41) is 8.01. The summed E-state index contributed by atoms with van der Waals surface area (Å²) in [5.74, 6) is 0.666. The molecule has 288 valence electrons. The fourth-order valence-corrected chi connectivity index (χ4v) is 8.78. The van der Waals surface area contributed by atoms with Crippen LogP contribution in [-0.4, -0.2) is 19.9 Å². The lowest BCUT2D eigenvalue weighted by Crippen LogP contribution is -1.98. The van der Waals surface area contributed by atoms with Gasteiger partial charge in [-0.3, -0.25) is 9.97 Å². The van der Waals surface area contributed by atoms with Gasteiger partial charge in [0.2, 0.25) is 0 Å². The average molecular weight is 789 g/mol. The van der Waals surface area contributed by atoms with E-state index < -0.39 is 0 Å². The molecule has 0 spiro atoms. The van der Waals surface area contributed by atoms with Gasteiger partial charge in [0.1, 0.15) is 0 Å². The van der Waals surface area contributed by atoms with E-state index in [0.29, 0.717) is 5.82 Å². The zero-order valence-electron chi connectivity index (χ0n) is 33.6. The van der Waals surface area contributed by atoms with Gasteiger partial charge in [-0.2, -0.15) is 0 Å². The molecule has 0 N–H and O–H groups in total. The van der Waals surface area contributed by atoms with E-state index in [4.69, 9.17) is 19.9 Å². The second kappa shape index (κ2) is 14.7. The van der Waals surface area contributed by atoms with E-state index in [0.717, 1.165) is 94.0 Å². The molecule has 4 heteroatoms. The standard InChI is InChI=1S/C58H36N4/c1-3-11-43-29-45(27-21-37(43)9-1)49-33-52(46-28-22-38-10-2-4-12-44(38)30-46)57-53(34-49)56(41-23-17-39(18-24-41)50-31-47-13-5-7-15-54(47)59-35-50)61-58(62-57)42-25-19-40(20-26-42)51-32-48-14-6-8-16-55(48)60-36-51/h1-36H. The summed E-state index contributed by atoms with van der Waals surface area (Å²) in [6.45, 7) is 0. The molecule has 62 heavy (non-hydrogen) atoms. The molecule has 0 unspecified atom stereocenters. The van der Waals surface area contributed by atoms with Crippen molar-refractivity contribution in [2.75, 3.05) is 0 Å². The fourth-order valence-electron chi connectivity index (χ4n) is 8.78. The van der Waals surface area contributed by atoms with Gasteiger partial charge in [-0.1, -0.05) is 158 Å². The van der Waals surface area contributed by atoms with Crippen LogP contribution in [0.5, 0.6) is 0 Å². The Labute approximate surface area is 358 Å². The quantitative estimate of drug-likeness (QED) is 0.168. The smallest absolute Gasteiger partial charge is 0.160 e. The van der Waals surface area contributed by atoms with Gasteiger partial charge in [0.25, 0.3) is 0 Å². The molecule has 12 aromatic rings. The van der Waals surface area contributed by atoms with E-state index in [1.807, 2.05) is 36.7 Å². The molecule has 0 radical (unpaired) electrons. The molecule has 3 aromatic heterocycles. The van der Waals surface area contributed by atoms with Crippen LogP contribution in [0.4, 0.5) is 0 Å². The van der Waals surface area contributed by atoms with Crippen molar-refractivity contribution in [1.82, 2.24) is 19.9 Å². The number of rotatable bonds is 6. The van der Waals surface area contributed by atoms with Crippen molar-refractivity contribution in [2.45, 2.75) is 0 Å². The molecule has 0 aliphatic heterocycles. The molecular weight excluding hydrogens is 753 g/mol. The maximum Gasteiger partial charge on any atom is 0.160 e. The van der Waals surface area contributed by atoms with Crippen molar-refractivity contribution in [3.05, 3.63) is 219 Å². The third-order valence-corrected chi connectivity index (χ3v) is 12.1. The molecule has 4 nitrogen and oxygen atoms in total. The first-order valence-corrected chi connectivity index (χ1v) is 20.9. The van der Waals surface area contributed by atoms with Crippen molar-refractivity contribution in [2.24, 2.45) is 0 Å². The number of para-hydroxylation sites is 2. The van der Waals surface area contributed by atoms with E-state index in [2.05, 4.69) is 182 Å². The Bertz CT molecular complexity index is 3690. The Morgan fingerprint density at radius 3 is 1.32 bits per heavy atom. The normalized spacial score (nSPS) is 11.5. The van der Waals surface area contributed by atoms with Crippen LogP contribution in [0.1, 0.15) is 0 Å². The van der Waals surface area contributed by atoms with Crippen molar-refractivity contribution in [3.63, 3.8) is 0 Å². The number of aromatic nitrogens is 4. The first-order valence-electron chi connectivity index (χ1n) is 20.9. The topological polar surface area (TPSA) is 51.6 Å². The van der Waals surface area contributed by atoms with E-state index in [1.54, 1.807) is 0 Å². The van der Waals surface area contributed by atoms with E-state index in [1.165, 1.54) is 21.5 Å². The number of hydrogen-bond donors (Lipinski definition) is 0. The van der Waals surface area contributed by atoms with E-state index in [9.17, 15) is 0 Å². The second-order valence-corrected chi connectivity index (χ2v) is 15.9. The summed E-state index contributed by atoms with van der Waals surface area (Å²) in [6, 6.07) is 73.2. The maximum absolute atomic E-state index is 5.48. The molecular formula is C58H36N4. The molecule has 0 saturated carbocycles. The van der Waals surface area contributed by atoms with Crippen LogP contribution in [-0.2, 0) is 0 Å². The van der Waals surface area contributed by atoms with E-state index in [-0.39, 0.29) is 0 Å². The van der Waals surface area contributed by atoms with Crippen LogP contribution in [0.3, 0.4) is 0 Å². The molecule has 9 aromatic carbocycles. The summed E-state index contributed by atoms with van der Waals surface area (Å²) < 4.78 is 0. The molecule has 0 aliphatic rings. The van der Waals surface area contributed by atoms with Crippen LogP contribution in [0.15, 0.2) is 219 Å². The Balaban J connectivity index is 1.07. The van der Waals surface area contributed by atoms with Gasteiger partial charge >= 0.3 is 0 Å². The number of nitrogens with zero attached hydrogens (tertiary/aromatic N) is 4. The van der Waals surface area contributed by atoms with Gasteiger partial charge in [-0.25, -0.2) is 9.97 Å². The minimum absolute atomic E-state index is 0.666. The highest BCUT2D eigenvalue weighted by atomic mass is 14.9. The fraction of sp³-hybridized carbons (Fsp3) is 0. The Morgan fingerprint density at radius 1 is 0.274 bits per heavy atom. The van der Waals surface area contributed by atoms with Crippen molar-refractivity contribution >= 4 is 54.3 Å². The van der Waals surface area contributed by atoms with Gasteiger partial charge in [0, 0.05) is 56.4 Å². The summed E-state index contributed by atoms with van der Waals surface area (Å²) in [4.78, 5) is 20.4.